The molecule has 0 aliphatic carbocycles. The molecule has 17 heavy (non-hydrogen) atoms. The summed E-state index contributed by atoms with van der Waals surface area (Å²) in [6.07, 6.45) is 5.84. The molecule has 0 heterocycles. The first-order chi connectivity index (χ1) is 7.90. The van der Waals surface area contributed by atoms with Gasteiger partial charge in [-0.3, -0.25) is 4.79 Å². The zero-order valence-corrected chi connectivity index (χ0v) is 11.4. The Kier molecular flexibility index (Phi) is 7.85. The highest BCUT2D eigenvalue weighted by Gasteiger charge is 2.31. The number of allylic oxidation sites excluding steroid dienone is 1. The molecule has 0 rings (SSSR count). The minimum atomic E-state index is -1.73. The highest BCUT2D eigenvalue weighted by molar-refractivity contribution is 5.84. The van der Waals surface area contributed by atoms with Gasteiger partial charge in [-0.1, -0.05) is 26.3 Å². The standard InChI is InChI=1S/C14H26FNO/c1-5-6-7-8-9-10-14(4,15)13(17)16-11-12(2)3/h5,12H,1,6-11H2,2-4H3,(H,16,17). The number of carbonyl (C=O) groups is 1. The van der Waals surface area contributed by atoms with E-state index in [1.54, 1.807) is 0 Å². The molecule has 0 aromatic heterocycles. The van der Waals surface area contributed by atoms with Crippen molar-refractivity contribution < 1.29 is 9.18 Å². The lowest BCUT2D eigenvalue weighted by molar-refractivity contribution is -0.132. The molecule has 100 valence electrons. The SMILES string of the molecule is C=CCCCCCC(C)(F)C(=O)NCC(C)C. The Labute approximate surface area is 105 Å². The molecule has 0 spiro atoms. The smallest absolute Gasteiger partial charge is 0.257 e. The van der Waals surface area contributed by atoms with Crippen LogP contribution in [0.1, 0.15) is 52.9 Å². The van der Waals surface area contributed by atoms with Gasteiger partial charge in [0.1, 0.15) is 0 Å². The zero-order chi connectivity index (χ0) is 13.3. The van der Waals surface area contributed by atoms with Gasteiger partial charge in [0.25, 0.3) is 5.91 Å². The van der Waals surface area contributed by atoms with E-state index in [-0.39, 0.29) is 0 Å². The van der Waals surface area contributed by atoms with Gasteiger partial charge in [0.15, 0.2) is 5.67 Å². The number of amides is 1. The molecule has 1 amide bonds. The molecule has 0 aromatic rings. The quantitative estimate of drug-likeness (QED) is 0.486. The number of carbonyl (C=O) groups excluding carboxylic acids is 1. The van der Waals surface area contributed by atoms with E-state index >= 15 is 0 Å². The van der Waals surface area contributed by atoms with Crippen LogP contribution in [0.4, 0.5) is 4.39 Å². The van der Waals surface area contributed by atoms with Gasteiger partial charge < -0.3 is 5.32 Å². The summed E-state index contributed by atoms with van der Waals surface area (Å²) in [4.78, 5) is 11.6. The third kappa shape index (κ3) is 7.94. The van der Waals surface area contributed by atoms with E-state index in [0.29, 0.717) is 18.9 Å². The topological polar surface area (TPSA) is 29.1 Å². The van der Waals surface area contributed by atoms with Crippen LogP contribution >= 0.6 is 0 Å². The molecule has 2 nitrogen and oxygen atoms in total. The predicted octanol–water partition coefficient (Wildman–Crippen LogP) is 3.62. The summed E-state index contributed by atoms with van der Waals surface area (Å²) in [5.41, 5.74) is -1.73. The van der Waals surface area contributed by atoms with E-state index in [0.717, 1.165) is 25.7 Å². The van der Waals surface area contributed by atoms with Crippen LogP contribution in [-0.2, 0) is 4.79 Å². The first-order valence-electron chi connectivity index (χ1n) is 6.48. The lowest BCUT2D eigenvalue weighted by Gasteiger charge is -2.20. The average Bonchev–Trinajstić information content (AvgIpc) is 2.25. The Balaban J connectivity index is 3.83. The largest absolute Gasteiger partial charge is 0.353 e. The molecule has 1 atom stereocenters. The van der Waals surface area contributed by atoms with Gasteiger partial charge in [-0.2, -0.15) is 0 Å². The minimum absolute atomic E-state index is 0.300. The molecule has 1 unspecified atom stereocenters. The summed E-state index contributed by atoms with van der Waals surface area (Å²) < 4.78 is 14.0. The van der Waals surface area contributed by atoms with Crippen molar-refractivity contribution in [2.75, 3.05) is 6.54 Å². The van der Waals surface area contributed by atoms with Crippen LogP contribution in [0.3, 0.4) is 0 Å². The van der Waals surface area contributed by atoms with Crippen molar-refractivity contribution in [2.45, 2.75) is 58.5 Å². The van der Waals surface area contributed by atoms with Gasteiger partial charge in [0.2, 0.25) is 0 Å². The fourth-order valence-electron chi connectivity index (χ4n) is 1.52. The fraction of sp³-hybridized carbons (Fsp3) is 0.786. The molecular formula is C14H26FNO. The molecule has 0 aliphatic heterocycles. The monoisotopic (exact) mass is 243 g/mol. The Morgan fingerprint density at radius 3 is 2.59 bits per heavy atom. The van der Waals surface area contributed by atoms with Gasteiger partial charge in [-0.25, -0.2) is 4.39 Å². The number of rotatable bonds is 9. The highest BCUT2D eigenvalue weighted by Crippen LogP contribution is 2.20. The van der Waals surface area contributed by atoms with E-state index in [1.807, 2.05) is 19.9 Å². The van der Waals surface area contributed by atoms with Gasteiger partial charge in [0, 0.05) is 6.54 Å². The fourth-order valence-corrected chi connectivity index (χ4v) is 1.52. The van der Waals surface area contributed by atoms with Crippen LogP contribution in [0.25, 0.3) is 0 Å². The molecule has 0 bridgehead atoms. The minimum Gasteiger partial charge on any atom is -0.353 e. The number of alkyl halides is 1. The van der Waals surface area contributed by atoms with Crippen LogP contribution in [0.15, 0.2) is 12.7 Å². The van der Waals surface area contributed by atoms with E-state index in [2.05, 4.69) is 11.9 Å². The molecule has 1 N–H and O–H groups in total. The summed E-state index contributed by atoms with van der Waals surface area (Å²) in [6, 6.07) is 0. The Hall–Kier alpha value is -0.860. The van der Waals surface area contributed by atoms with Crippen molar-refractivity contribution in [1.82, 2.24) is 5.32 Å². The predicted molar refractivity (Wildman–Crippen MR) is 70.6 cm³/mol. The van der Waals surface area contributed by atoms with Crippen molar-refractivity contribution in [3.8, 4) is 0 Å². The number of hydrogen-bond acceptors (Lipinski definition) is 1. The van der Waals surface area contributed by atoms with E-state index in [1.165, 1.54) is 6.92 Å². The van der Waals surface area contributed by atoms with Crippen molar-refractivity contribution >= 4 is 5.91 Å². The maximum atomic E-state index is 14.0. The normalized spacial score (nSPS) is 14.4. The summed E-state index contributed by atoms with van der Waals surface area (Å²) in [5.74, 6) is -0.128. The Bertz CT molecular complexity index is 236. The number of halogens is 1. The van der Waals surface area contributed by atoms with Crippen molar-refractivity contribution in [2.24, 2.45) is 5.92 Å². The second kappa shape index (κ2) is 8.26. The van der Waals surface area contributed by atoms with Crippen LogP contribution < -0.4 is 5.32 Å². The lowest BCUT2D eigenvalue weighted by Crippen LogP contribution is -2.42. The Morgan fingerprint density at radius 1 is 1.41 bits per heavy atom. The van der Waals surface area contributed by atoms with Gasteiger partial charge >= 0.3 is 0 Å². The second-order valence-electron chi connectivity index (χ2n) is 5.19. The summed E-state index contributed by atoms with van der Waals surface area (Å²) in [5, 5.41) is 2.64. The summed E-state index contributed by atoms with van der Waals surface area (Å²) in [6.45, 7) is 9.53. The van der Waals surface area contributed by atoms with Gasteiger partial charge in [-0.15, -0.1) is 6.58 Å². The highest BCUT2D eigenvalue weighted by atomic mass is 19.1. The maximum absolute atomic E-state index is 14.0. The van der Waals surface area contributed by atoms with E-state index < -0.39 is 11.6 Å². The van der Waals surface area contributed by atoms with Gasteiger partial charge in [0.05, 0.1) is 0 Å². The van der Waals surface area contributed by atoms with Crippen molar-refractivity contribution in [3.05, 3.63) is 12.7 Å². The third-order valence-corrected chi connectivity index (χ3v) is 2.70. The first kappa shape index (κ1) is 16.1. The molecule has 0 fully saturated rings. The van der Waals surface area contributed by atoms with Crippen LogP contribution in [0, 0.1) is 5.92 Å². The van der Waals surface area contributed by atoms with E-state index in [9.17, 15) is 9.18 Å². The molecule has 0 aromatic carbocycles. The lowest BCUT2D eigenvalue weighted by atomic mass is 9.98. The number of nitrogens with one attached hydrogen (secondary N) is 1. The second-order valence-corrected chi connectivity index (χ2v) is 5.19. The van der Waals surface area contributed by atoms with E-state index in [4.69, 9.17) is 0 Å². The van der Waals surface area contributed by atoms with Crippen LogP contribution in [0.2, 0.25) is 0 Å². The molecule has 0 saturated heterocycles. The molecule has 0 aliphatic rings. The maximum Gasteiger partial charge on any atom is 0.257 e. The molecule has 0 radical (unpaired) electrons. The average molecular weight is 243 g/mol. The van der Waals surface area contributed by atoms with Crippen molar-refractivity contribution in [3.63, 3.8) is 0 Å². The number of hydrogen-bond donors (Lipinski definition) is 1. The summed E-state index contributed by atoms with van der Waals surface area (Å²) in [7, 11) is 0. The third-order valence-electron chi connectivity index (χ3n) is 2.70. The van der Waals surface area contributed by atoms with Crippen molar-refractivity contribution in [1.29, 1.82) is 0 Å². The van der Waals surface area contributed by atoms with Crippen LogP contribution in [-0.4, -0.2) is 18.1 Å². The number of unbranched alkanes of at least 4 members (excludes halogenated alkanes) is 3. The summed E-state index contributed by atoms with van der Waals surface area (Å²) >= 11 is 0. The van der Waals surface area contributed by atoms with Gasteiger partial charge in [-0.05, 0) is 38.5 Å². The molecular weight excluding hydrogens is 217 g/mol. The molecule has 3 heteroatoms. The van der Waals surface area contributed by atoms with Crippen LogP contribution in [0.5, 0.6) is 0 Å². The first-order valence-corrected chi connectivity index (χ1v) is 6.48. The molecule has 0 saturated carbocycles. The zero-order valence-electron chi connectivity index (χ0n) is 11.4. The Morgan fingerprint density at radius 2 is 2.06 bits per heavy atom.